The molecule has 142 valence electrons. The van der Waals surface area contributed by atoms with Crippen molar-refractivity contribution < 1.29 is 0 Å². The fourth-order valence-corrected chi connectivity index (χ4v) is 3.79. The van der Waals surface area contributed by atoms with Crippen molar-refractivity contribution in [2.75, 3.05) is 26.2 Å². The quantitative estimate of drug-likeness (QED) is 0.698. The van der Waals surface area contributed by atoms with Gasteiger partial charge in [0, 0.05) is 57.9 Å². The second-order valence-electron chi connectivity index (χ2n) is 7.52. The molecule has 0 radical (unpaired) electrons. The van der Waals surface area contributed by atoms with Gasteiger partial charge in [0.25, 0.3) is 0 Å². The molecule has 1 fully saturated rings. The number of rotatable bonds is 5. The van der Waals surface area contributed by atoms with Crippen LogP contribution >= 0.6 is 0 Å². The van der Waals surface area contributed by atoms with Gasteiger partial charge in [-0.25, -0.2) is 9.67 Å². The molecular formula is C21H28N6. The van der Waals surface area contributed by atoms with E-state index < -0.39 is 0 Å². The minimum Gasteiger partial charge on any atom is -0.337 e. The average Bonchev–Trinajstić information content (AvgIpc) is 3.21. The Kier molecular flexibility index (Phi) is 5.09. The van der Waals surface area contributed by atoms with Gasteiger partial charge >= 0.3 is 0 Å². The van der Waals surface area contributed by atoms with Crippen LogP contribution in [-0.4, -0.2) is 55.3 Å². The summed E-state index contributed by atoms with van der Waals surface area (Å²) in [6.07, 6.45) is 3.89. The molecule has 3 aromatic rings. The first-order valence-corrected chi connectivity index (χ1v) is 9.62. The molecule has 0 N–H and O–H groups in total. The van der Waals surface area contributed by atoms with Gasteiger partial charge in [0.1, 0.15) is 5.82 Å². The van der Waals surface area contributed by atoms with Crippen molar-refractivity contribution in [1.82, 2.24) is 29.1 Å². The first kappa shape index (κ1) is 17.9. The molecule has 1 aromatic carbocycles. The lowest BCUT2D eigenvalue weighted by Gasteiger charge is -2.34. The predicted molar refractivity (Wildman–Crippen MR) is 107 cm³/mol. The maximum absolute atomic E-state index is 4.61. The Morgan fingerprint density at radius 2 is 1.70 bits per heavy atom. The van der Waals surface area contributed by atoms with E-state index >= 15 is 0 Å². The van der Waals surface area contributed by atoms with Gasteiger partial charge in [-0.05, 0) is 37.6 Å². The van der Waals surface area contributed by atoms with Crippen molar-refractivity contribution in [3.8, 4) is 5.69 Å². The number of aromatic nitrogens is 4. The number of imidazole rings is 1. The van der Waals surface area contributed by atoms with Crippen LogP contribution in [-0.2, 0) is 20.1 Å². The summed E-state index contributed by atoms with van der Waals surface area (Å²) in [4.78, 5) is 9.47. The molecule has 2 aromatic heterocycles. The third kappa shape index (κ3) is 4.12. The summed E-state index contributed by atoms with van der Waals surface area (Å²) >= 11 is 0. The van der Waals surface area contributed by atoms with E-state index in [9.17, 15) is 0 Å². The summed E-state index contributed by atoms with van der Waals surface area (Å²) < 4.78 is 4.14. The molecular weight excluding hydrogens is 336 g/mol. The van der Waals surface area contributed by atoms with Crippen LogP contribution in [0.4, 0.5) is 0 Å². The molecule has 6 nitrogen and oxygen atoms in total. The van der Waals surface area contributed by atoms with Crippen LogP contribution in [0.2, 0.25) is 0 Å². The molecule has 0 saturated carbocycles. The highest BCUT2D eigenvalue weighted by atomic mass is 15.3. The topological polar surface area (TPSA) is 42.1 Å². The Labute approximate surface area is 161 Å². The highest BCUT2D eigenvalue weighted by molar-refractivity contribution is 5.37. The molecule has 0 unspecified atom stereocenters. The Morgan fingerprint density at radius 1 is 0.963 bits per heavy atom. The third-order valence-corrected chi connectivity index (χ3v) is 5.32. The summed E-state index contributed by atoms with van der Waals surface area (Å²) in [5, 5.41) is 4.61. The minimum absolute atomic E-state index is 0.935. The lowest BCUT2D eigenvalue weighted by molar-refractivity contribution is 0.119. The Morgan fingerprint density at radius 3 is 2.33 bits per heavy atom. The van der Waals surface area contributed by atoms with Gasteiger partial charge in [0.15, 0.2) is 0 Å². The third-order valence-electron chi connectivity index (χ3n) is 5.32. The molecule has 27 heavy (non-hydrogen) atoms. The molecule has 3 heterocycles. The molecule has 0 bridgehead atoms. The maximum Gasteiger partial charge on any atom is 0.122 e. The molecule has 4 rings (SSSR count). The minimum atomic E-state index is 0.935. The number of hydrogen-bond acceptors (Lipinski definition) is 4. The van der Waals surface area contributed by atoms with E-state index in [0.717, 1.165) is 56.5 Å². The van der Waals surface area contributed by atoms with E-state index in [1.54, 1.807) is 0 Å². The fourth-order valence-electron chi connectivity index (χ4n) is 3.79. The molecule has 0 amide bonds. The largest absolute Gasteiger partial charge is 0.337 e. The van der Waals surface area contributed by atoms with Crippen LogP contribution in [0.3, 0.4) is 0 Å². The first-order chi connectivity index (χ1) is 13.1. The number of piperazine rings is 1. The number of nitrogens with zero attached hydrogens (tertiary/aromatic N) is 6. The number of benzene rings is 1. The van der Waals surface area contributed by atoms with Crippen molar-refractivity contribution in [2.24, 2.45) is 7.05 Å². The summed E-state index contributed by atoms with van der Waals surface area (Å²) in [6.45, 7) is 10.4. The van der Waals surface area contributed by atoms with Crippen LogP contribution in [0.1, 0.15) is 22.8 Å². The van der Waals surface area contributed by atoms with E-state index in [2.05, 4.69) is 68.8 Å². The van der Waals surface area contributed by atoms with Crippen LogP contribution in [0.5, 0.6) is 0 Å². The van der Waals surface area contributed by atoms with E-state index in [1.165, 1.54) is 11.3 Å². The van der Waals surface area contributed by atoms with Crippen molar-refractivity contribution in [2.45, 2.75) is 26.9 Å². The van der Waals surface area contributed by atoms with E-state index in [1.807, 2.05) is 24.0 Å². The molecule has 1 aliphatic heterocycles. The van der Waals surface area contributed by atoms with Crippen LogP contribution in [0.25, 0.3) is 5.69 Å². The second kappa shape index (κ2) is 7.66. The van der Waals surface area contributed by atoms with Gasteiger partial charge in [-0.3, -0.25) is 9.80 Å². The molecule has 1 saturated heterocycles. The molecule has 1 aliphatic rings. The van der Waals surface area contributed by atoms with E-state index in [-0.39, 0.29) is 0 Å². The molecule has 0 spiro atoms. The average molecular weight is 364 g/mol. The Balaban J connectivity index is 1.36. The van der Waals surface area contributed by atoms with Gasteiger partial charge in [-0.2, -0.15) is 5.10 Å². The number of hydrogen-bond donors (Lipinski definition) is 0. The van der Waals surface area contributed by atoms with Crippen molar-refractivity contribution >= 4 is 0 Å². The van der Waals surface area contributed by atoms with E-state index in [4.69, 9.17) is 0 Å². The van der Waals surface area contributed by atoms with E-state index in [0.29, 0.717) is 0 Å². The van der Waals surface area contributed by atoms with Gasteiger partial charge in [-0.1, -0.05) is 12.1 Å². The number of aryl methyl sites for hydroxylation is 3. The normalized spacial score (nSPS) is 16.1. The van der Waals surface area contributed by atoms with Crippen molar-refractivity contribution in [3.63, 3.8) is 0 Å². The fraction of sp³-hybridized carbons (Fsp3) is 0.429. The maximum atomic E-state index is 4.61. The SMILES string of the molecule is Cc1cc(C)n(-c2cccc(CN3CCN(Cc4nccn4C)CC3)c2)n1. The monoisotopic (exact) mass is 364 g/mol. The molecule has 6 heteroatoms. The van der Waals surface area contributed by atoms with Crippen LogP contribution < -0.4 is 0 Å². The smallest absolute Gasteiger partial charge is 0.122 e. The van der Waals surface area contributed by atoms with Crippen LogP contribution in [0, 0.1) is 13.8 Å². The zero-order valence-electron chi connectivity index (χ0n) is 16.5. The van der Waals surface area contributed by atoms with Crippen molar-refractivity contribution in [3.05, 3.63) is 65.5 Å². The lowest BCUT2D eigenvalue weighted by atomic mass is 10.1. The zero-order chi connectivity index (χ0) is 18.8. The second-order valence-corrected chi connectivity index (χ2v) is 7.52. The highest BCUT2D eigenvalue weighted by Crippen LogP contribution is 2.16. The lowest BCUT2D eigenvalue weighted by Crippen LogP contribution is -2.45. The summed E-state index contributed by atoms with van der Waals surface area (Å²) in [6, 6.07) is 10.9. The van der Waals surface area contributed by atoms with Gasteiger partial charge in [0.05, 0.1) is 17.9 Å². The van der Waals surface area contributed by atoms with Gasteiger partial charge in [0.2, 0.25) is 0 Å². The standard InChI is InChI=1S/C21H28N6/c1-17-13-18(2)27(23-17)20-6-4-5-19(14-20)15-25-9-11-26(12-10-25)16-21-22-7-8-24(21)3/h4-8,13-14H,9-12,15-16H2,1-3H3. The summed E-state index contributed by atoms with van der Waals surface area (Å²) in [5.74, 6) is 1.14. The van der Waals surface area contributed by atoms with Gasteiger partial charge < -0.3 is 4.57 Å². The summed E-state index contributed by atoms with van der Waals surface area (Å²) in [5.41, 5.74) is 4.72. The van der Waals surface area contributed by atoms with Crippen molar-refractivity contribution in [1.29, 1.82) is 0 Å². The first-order valence-electron chi connectivity index (χ1n) is 9.62. The molecule has 0 atom stereocenters. The molecule has 0 aliphatic carbocycles. The highest BCUT2D eigenvalue weighted by Gasteiger charge is 2.18. The van der Waals surface area contributed by atoms with Gasteiger partial charge in [-0.15, -0.1) is 0 Å². The van der Waals surface area contributed by atoms with Crippen LogP contribution in [0.15, 0.2) is 42.7 Å². The predicted octanol–water partition coefficient (Wildman–Crippen LogP) is 2.54. The Bertz CT molecular complexity index is 901. The Hall–Kier alpha value is -2.44. The summed E-state index contributed by atoms with van der Waals surface area (Å²) in [7, 11) is 2.06. The zero-order valence-corrected chi connectivity index (χ0v) is 16.5.